The predicted octanol–water partition coefficient (Wildman–Crippen LogP) is 4.33. The minimum Gasteiger partial charge on any atom is -0.367 e. The second-order valence-electron chi connectivity index (χ2n) is 4.75. The molecule has 0 aliphatic carbocycles. The number of halogens is 3. The van der Waals surface area contributed by atoms with Crippen molar-refractivity contribution < 1.29 is 0 Å². The van der Waals surface area contributed by atoms with Gasteiger partial charge in [-0.3, -0.25) is 0 Å². The van der Waals surface area contributed by atoms with Crippen LogP contribution in [0.5, 0.6) is 0 Å². The van der Waals surface area contributed by atoms with Crippen LogP contribution in [0.15, 0.2) is 16.6 Å². The number of piperidine rings is 1. The fraction of sp³-hybridized carbons (Fsp3) is 0.538. The molecule has 18 heavy (non-hydrogen) atoms. The number of hydrogen-bond acceptors (Lipinski definition) is 2. The minimum atomic E-state index is 0.464. The van der Waals surface area contributed by atoms with Crippen molar-refractivity contribution in [2.45, 2.75) is 31.8 Å². The highest BCUT2D eigenvalue weighted by Crippen LogP contribution is 2.39. The molecule has 0 amide bonds. The lowest BCUT2D eigenvalue weighted by molar-refractivity contribution is 0.387. The Bertz CT molecular complexity index is 439. The molecule has 1 aliphatic heterocycles. The van der Waals surface area contributed by atoms with Crippen LogP contribution in [0.1, 0.15) is 19.8 Å². The molecular weight excluding hydrogens is 335 g/mol. The Morgan fingerprint density at radius 1 is 1.33 bits per heavy atom. The van der Waals surface area contributed by atoms with Crippen LogP contribution >= 0.6 is 39.1 Å². The molecule has 1 aliphatic rings. The van der Waals surface area contributed by atoms with Gasteiger partial charge in [0, 0.05) is 23.1 Å². The minimum absolute atomic E-state index is 0.464. The van der Waals surface area contributed by atoms with Gasteiger partial charge in [0.1, 0.15) is 0 Å². The Morgan fingerprint density at radius 3 is 2.67 bits per heavy atom. The van der Waals surface area contributed by atoms with Gasteiger partial charge in [0.15, 0.2) is 0 Å². The number of hydrogen-bond donors (Lipinski definition) is 1. The normalized spacial score (nSPS) is 24.4. The lowest BCUT2D eigenvalue weighted by Gasteiger charge is -2.39. The SMILES string of the molecule is CNC1CCN(c2ccc(Br)c(Cl)c2Cl)C(C)C1. The topological polar surface area (TPSA) is 15.3 Å². The van der Waals surface area contributed by atoms with Crippen LogP contribution in [0.25, 0.3) is 0 Å². The smallest absolute Gasteiger partial charge is 0.0837 e. The van der Waals surface area contributed by atoms with Crippen molar-refractivity contribution in [1.29, 1.82) is 0 Å². The number of rotatable bonds is 2. The summed E-state index contributed by atoms with van der Waals surface area (Å²) in [5.74, 6) is 0. The van der Waals surface area contributed by atoms with Gasteiger partial charge in [-0.2, -0.15) is 0 Å². The van der Waals surface area contributed by atoms with Crippen LogP contribution in [-0.4, -0.2) is 25.7 Å². The van der Waals surface area contributed by atoms with Crippen molar-refractivity contribution in [3.63, 3.8) is 0 Å². The zero-order valence-electron chi connectivity index (χ0n) is 10.5. The second kappa shape index (κ2) is 6.00. The van der Waals surface area contributed by atoms with Gasteiger partial charge >= 0.3 is 0 Å². The first-order chi connectivity index (χ1) is 8.54. The summed E-state index contributed by atoms with van der Waals surface area (Å²) >= 11 is 15.9. The van der Waals surface area contributed by atoms with Crippen molar-refractivity contribution in [3.05, 3.63) is 26.7 Å². The van der Waals surface area contributed by atoms with Crippen molar-refractivity contribution in [2.24, 2.45) is 0 Å². The highest BCUT2D eigenvalue weighted by Gasteiger charge is 2.26. The molecule has 0 radical (unpaired) electrons. The molecular formula is C13H17BrCl2N2. The molecule has 1 saturated heterocycles. The Hall–Kier alpha value is 0.0400. The van der Waals surface area contributed by atoms with E-state index < -0.39 is 0 Å². The summed E-state index contributed by atoms with van der Waals surface area (Å²) in [6, 6.07) is 5.06. The van der Waals surface area contributed by atoms with Crippen molar-refractivity contribution in [1.82, 2.24) is 5.32 Å². The first-order valence-electron chi connectivity index (χ1n) is 6.12. The van der Waals surface area contributed by atoms with E-state index in [4.69, 9.17) is 23.2 Å². The van der Waals surface area contributed by atoms with E-state index in [-0.39, 0.29) is 0 Å². The van der Waals surface area contributed by atoms with Gasteiger partial charge in [0.2, 0.25) is 0 Å². The maximum atomic E-state index is 6.35. The summed E-state index contributed by atoms with van der Waals surface area (Å²) < 4.78 is 0.843. The third kappa shape index (κ3) is 2.79. The van der Waals surface area contributed by atoms with Gasteiger partial charge in [0.25, 0.3) is 0 Å². The van der Waals surface area contributed by atoms with E-state index in [1.165, 1.54) is 0 Å². The van der Waals surface area contributed by atoms with Gasteiger partial charge in [0.05, 0.1) is 15.7 Å². The molecule has 2 nitrogen and oxygen atoms in total. The molecule has 0 bridgehead atoms. The van der Waals surface area contributed by atoms with Crippen molar-refractivity contribution in [2.75, 3.05) is 18.5 Å². The van der Waals surface area contributed by atoms with Crippen molar-refractivity contribution in [3.8, 4) is 0 Å². The fourth-order valence-electron chi connectivity index (χ4n) is 2.53. The quantitative estimate of drug-likeness (QED) is 0.797. The third-order valence-corrected chi connectivity index (χ3v) is 5.37. The molecule has 1 N–H and O–H groups in total. The lowest BCUT2D eigenvalue weighted by Crippen LogP contribution is -2.46. The summed E-state index contributed by atoms with van der Waals surface area (Å²) in [5.41, 5.74) is 1.03. The second-order valence-corrected chi connectivity index (χ2v) is 6.36. The van der Waals surface area contributed by atoms with E-state index >= 15 is 0 Å². The molecule has 2 rings (SSSR count). The van der Waals surface area contributed by atoms with Gasteiger partial charge in [-0.25, -0.2) is 0 Å². The molecule has 1 heterocycles. The molecule has 5 heteroatoms. The zero-order valence-corrected chi connectivity index (χ0v) is 13.6. The summed E-state index contributed by atoms with van der Waals surface area (Å²) in [6.45, 7) is 3.24. The average molecular weight is 352 g/mol. The number of nitrogens with one attached hydrogen (secondary N) is 1. The Labute approximate surface area is 127 Å². The molecule has 0 saturated carbocycles. The van der Waals surface area contributed by atoms with E-state index in [1.54, 1.807) is 0 Å². The van der Waals surface area contributed by atoms with Gasteiger partial charge in [-0.1, -0.05) is 23.2 Å². The zero-order chi connectivity index (χ0) is 13.3. The molecule has 0 spiro atoms. The predicted molar refractivity (Wildman–Crippen MR) is 83.1 cm³/mol. The summed E-state index contributed by atoms with van der Waals surface area (Å²) in [5, 5.41) is 4.58. The molecule has 1 aromatic carbocycles. The average Bonchev–Trinajstić information content (AvgIpc) is 2.37. The van der Waals surface area contributed by atoms with E-state index in [0.717, 1.165) is 29.5 Å². The van der Waals surface area contributed by atoms with Crippen molar-refractivity contribution >= 4 is 44.8 Å². The molecule has 2 atom stereocenters. The monoisotopic (exact) mass is 350 g/mol. The maximum absolute atomic E-state index is 6.35. The highest BCUT2D eigenvalue weighted by atomic mass is 79.9. The van der Waals surface area contributed by atoms with E-state index in [1.807, 2.05) is 19.2 Å². The summed E-state index contributed by atoms with van der Waals surface area (Å²) in [4.78, 5) is 2.34. The third-order valence-electron chi connectivity index (χ3n) is 3.61. The molecule has 100 valence electrons. The van der Waals surface area contributed by atoms with Crippen LogP contribution in [-0.2, 0) is 0 Å². The van der Waals surface area contributed by atoms with Crippen LogP contribution in [0, 0.1) is 0 Å². The summed E-state index contributed by atoms with van der Waals surface area (Å²) in [6.07, 6.45) is 2.26. The molecule has 0 aromatic heterocycles. The van der Waals surface area contributed by atoms with Crippen LogP contribution in [0.3, 0.4) is 0 Å². The number of nitrogens with zero attached hydrogens (tertiary/aromatic N) is 1. The fourth-order valence-corrected chi connectivity index (χ4v) is 3.41. The number of benzene rings is 1. The van der Waals surface area contributed by atoms with Crippen LogP contribution in [0.4, 0.5) is 5.69 Å². The summed E-state index contributed by atoms with van der Waals surface area (Å²) in [7, 11) is 2.02. The van der Waals surface area contributed by atoms with E-state index in [9.17, 15) is 0 Å². The molecule has 1 aromatic rings. The van der Waals surface area contributed by atoms with E-state index in [0.29, 0.717) is 22.1 Å². The first-order valence-corrected chi connectivity index (χ1v) is 7.67. The Morgan fingerprint density at radius 2 is 2.06 bits per heavy atom. The van der Waals surface area contributed by atoms with Crippen LogP contribution in [0.2, 0.25) is 10.0 Å². The largest absolute Gasteiger partial charge is 0.367 e. The maximum Gasteiger partial charge on any atom is 0.0837 e. The lowest BCUT2D eigenvalue weighted by atomic mass is 9.98. The Kier molecular flexibility index (Phi) is 4.81. The highest BCUT2D eigenvalue weighted by molar-refractivity contribution is 9.10. The van der Waals surface area contributed by atoms with Gasteiger partial charge in [-0.05, 0) is 54.9 Å². The van der Waals surface area contributed by atoms with E-state index in [2.05, 4.69) is 33.1 Å². The number of anilines is 1. The van der Waals surface area contributed by atoms with Gasteiger partial charge < -0.3 is 10.2 Å². The Balaban J connectivity index is 2.25. The molecule has 2 unspecified atom stereocenters. The van der Waals surface area contributed by atoms with Gasteiger partial charge in [-0.15, -0.1) is 0 Å². The van der Waals surface area contributed by atoms with Crippen LogP contribution < -0.4 is 10.2 Å². The molecule has 1 fully saturated rings. The first kappa shape index (κ1) is 14.4. The standard InChI is InChI=1S/C13H17BrCl2N2/c1-8-7-9(17-2)5-6-18(8)11-4-3-10(14)12(15)13(11)16/h3-4,8-9,17H,5-7H2,1-2H3.